The zero-order valence-corrected chi connectivity index (χ0v) is 15.1. The number of primary amides is 1. The van der Waals surface area contributed by atoms with Crippen LogP contribution < -0.4 is 16.2 Å². The molecule has 0 saturated carbocycles. The second-order valence-corrected chi connectivity index (χ2v) is 6.44. The molecule has 139 valence electrons. The highest BCUT2D eigenvalue weighted by Gasteiger charge is 2.12. The van der Waals surface area contributed by atoms with Crippen LogP contribution in [0, 0.1) is 6.42 Å². The maximum Gasteiger partial charge on any atom is 0.409 e. The highest BCUT2D eigenvalue weighted by atomic mass is 16.5. The van der Waals surface area contributed by atoms with E-state index < -0.39 is 6.09 Å². The van der Waals surface area contributed by atoms with Crippen LogP contribution in [0.3, 0.4) is 0 Å². The molecule has 1 amide bonds. The van der Waals surface area contributed by atoms with Crippen LogP contribution >= 0.6 is 0 Å². The Morgan fingerprint density at radius 1 is 1.07 bits per heavy atom. The van der Waals surface area contributed by atoms with E-state index >= 15 is 0 Å². The monoisotopic (exact) mass is 371 g/mol. The number of hydrogen-bond acceptors (Lipinski definition) is 4. The number of ether oxygens (including phenoxy) is 1. The number of H-pyrrole nitrogens is 1. The molecule has 1 radical (unpaired) electrons. The van der Waals surface area contributed by atoms with Gasteiger partial charge in [0.15, 0.2) is 5.82 Å². The molecular formula is C22H19N4O2. The quantitative estimate of drug-likeness (QED) is 0.491. The highest BCUT2D eigenvalue weighted by Crippen LogP contribution is 2.34. The number of nitrogens with two attached hydrogens (primary N) is 2. The van der Waals surface area contributed by atoms with Crippen LogP contribution in [0.5, 0.6) is 5.75 Å². The molecule has 28 heavy (non-hydrogen) atoms. The lowest BCUT2D eigenvalue weighted by Gasteiger charge is -2.12. The Balaban J connectivity index is 1.70. The molecule has 0 aliphatic heterocycles. The second-order valence-electron chi connectivity index (χ2n) is 6.44. The Morgan fingerprint density at radius 3 is 2.68 bits per heavy atom. The summed E-state index contributed by atoms with van der Waals surface area (Å²) < 4.78 is 5.21. The van der Waals surface area contributed by atoms with Gasteiger partial charge in [0.25, 0.3) is 0 Å². The first-order valence-corrected chi connectivity index (χ1v) is 8.82. The molecule has 6 heteroatoms. The number of aromatic amines is 1. The van der Waals surface area contributed by atoms with Gasteiger partial charge in [-0.1, -0.05) is 42.5 Å². The van der Waals surface area contributed by atoms with Crippen molar-refractivity contribution in [3.05, 3.63) is 84.3 Å². The predicted octanol–water partition coefficient (Wildman–Crippen LogP) is 4.06. The minimum atomic E-state index is -0.853. The largest absolute Gasteiger partial charge is 0.410 e. The first-order chi connectivity index (χ1) is 13.6. The molecule has 4 rings (SSSR count). The van der Waals surface area contributed by atoms with Crippen molar-refractivity contribution in [1.82, 2.24) is 10.2 Å². The molecule has 0 aliphatic carbocycles. The van der Waals surface area contributed by atoms with E-state index in [1.807, 2.05) is 48.5 Å². The van der Waals surface area contributed by atoms with Gasteiger partial charge in [-0.25, -0.2) is 4.79 Å². The van der Waals surface area contributed by atoms with Crippen molar-refractivity contribution in [2.24, 2.45) is 5.73 Å². The number of nitrogens with zero attached hydrogens (tertiary/aromatic N) is 1. The van der Waals surface area contributed by atoms with Crippen LogP contribution in [-0.4, -0.2) is 16.3 Å². The molecule has 4 aromatic rings. The van der Waals surface area contributed by atoms with Crippen LogP contribution in [0.1, 0.15) is 11.1 Å². The molecule has 1 aromatic heterocycles. The van der Waals surface area contributed by atoms with Gasteiger partial charge >= 0.3 is 6.09 Å². The predicted molar refractivity (Wildman–Crippen MR) is 110 cm³/mol. The third kappa shape index (κ3) is 3.66. The Kier molecular flexibility index (Phi) is 4.68. The molecule has 0 aliphatic rings. The van der Waals surface area contributed by atoms with Gasteiger partial charge in [0.1, 0.15) is 5.75 Å². The number of hydrogen-bond donors (Lipinski definition) is 3. The van der Waals surface area contributed by atoms with Gasteiger partial charge in [-0.05, 0) is 53.8 Å². The third-order valence-corrected chi connectivity index (χ3v) is 4.53. The molecular weight excluding hydrogens is 352 g/mol. The Labute approximate surface area is 162 Å². The van der Waals surface area contributed by atoms with Crippen molar-refractivity contribution in [2.45, 2.75) is 6.42 Å². The first-order valence-electron chi connectivity index (χ1n) is 8.82. The summed E-state index contributed by atoms with van der Waals surface area (Å²) in [5.74, 6) is 0.844. The average molecular weight is 371 g/mol. The number of carbonyl (C=O) groups excluding carboxylic acids is 1. The number of nitrogens with one attached hydrogen (secondary N) is 1. The van der Waals surface area contributed by atoms with Gasteiger partial charge in [-0.15, -0.1) is 0 Å². The summed E-state index contributed by atoms with van der Waals surface area (Å²) in [4.78, 5) is 11.3. The fraction of sp³-hybridized carbons (Fsp3) is 0.0455. The Bertz CT molecular complexity index is 1140. The van der Waals surface area contributed by atoms with E-state index in [9.17, 15) is 4.79 Å². The number of benzene rings is 3. The molecule has 0 spiro atoms. The van der Waals surface area contributed by atoms with Crippen molar-refractivity contribution in [3.63, 3.8) is 0 Å². The van der Waals surface area contributed by atoms with Gasteiger partial charge in [-0.3, -0.25) is 5.10 Å². The lowest BCUT2D eigenvalue weighted by Crippen LogP contribution is -2.16. The molecule has 0 atom stereocenters. The number of rotatable bonds is 5. The van der Waals surface area contributed by atoms with Gasteiger partial charge < -0.3 is 16.2 Å². The van der Waals surface area contributed by atoms with E-state index in [0.717, 1.165) is 34.0 Å². The summed E-state index contributed by atoms with van der Waals surface area (Å²) in [6.45, 7) is 0. The lowest BCUT2D eigenvalue weighted by atomic mass is 9.97. The van der Waals surface area contributed by atoms with Crippen molar-refractivity contribution >= 4 is 22.8 Å². The summed E-state index contributed by atoms with van der Waals surface area (Å²) in [5.41, 5.74) is 15.7. The number of amides is 1. The summed E-state index contributed by atoms with van der Waals surface area (Å²) in [6.07, 6.45) is 2.07. The van der Waals surface area contributed by atoms with Gasteiger partial charge in [0.2, 0.25) is 0 Å². The normalized spacial score (nSPS) is 10.9. The number of anilines is 1. The average Bonchev–Trinajstić information content (AvgIpc) is 3.08. The number of carbonyl (C=O) groups is 1. The van der Waals surface area contributed by atoms with E-state index in [1.54, 1.807) is 6.07 Å². The van der Waals surface area contributed by atoms with Gasteiger partial charge in [0.05, 0.1) is 5.52 Å². The van der Waals surface area contributed by atoms with E-state index in [-0.39, 0.29) is 0 Å². The van der Waals surface area contributed by atoms with Crippen molar-refractivity contribution in [1.29, 1.82) is 0 Å². The minimum absolute atomic E-state index is 0.399. The van der Waals surface area contributed by atoms with E-state index in [1.165, 1.54) is 5.56 Å². The van der Waals surface area contributed by atoms with Gasteiger partial charge in [0, 0.05) is 10.9 Å². The topological polar surface area (TPSA) is 107 Å². The third-order valence-electron chi connectivity index (χ3n) is 4.53. The molecule has 0 bridgehead atoms. The summed E-state index contributed by atoms with van der Waals surface area (Å²) in [7, 11) is 0. The standard InChI is InChI=1S/C22H19N4O2/c23-21-17-10-9-16(13-19(17)25-26-21)18-12-15(8-11-20(18)28-22(24)27)7-6-14-4-2-1-3-5-14/h1-5,7-13H,6H2,(H2,24,27)(H3,23,25,26). The molecule has 3 aromatic carbocycles. The molecule has 1 heterocycles. The van der Waals surface area contributed by atoms with Crippen molar-refractivity contribution in [3.8, 4) is 16.9 Å². The molecule has 0 fully saturated rings. The second kappa shape index (κ2) is 7.44. The maximum atomic E-state index is 11.3. The van der Waals surface area contributed by atoms with Crippen LogP contribution in [0.25, 0.3) is 22.0 Å². The van der Waals surface area contributed by atoms with Crippen LogP contribution in [0.4, 0.5) is 10.6 Å². The zero-order chi connectivity index (χ0) is 19.5. The minimum Gasteiger partial charge on any atom is -0.410 e. The molecule has 6 nitrogen and oxygen atoms in total. The smallest absolute Gasteiger partial charge is 0.409 e. The maximum absolute atomic E-state index is 11.3. The number of nitrogen functional groups attached to an aromatic ring is 1. The van der Waals surface area contributed by atoms with Crippen LogP contribution in [-0.2, 0) is 6.42 Å². The Morgan fingerprint density at radius 2 is 1.89 bits per heavy atom. The summed E-state index contributed by atoms with van der Waals surface area (Å²) in [5, 5.41) is 7.77. The SMILES string of the molecule is NC(=O)Oc1ccc([CH]Cc2ccccc2)cc1-c1ccc2c(N)n[nH]c2c1. The lowest BCUT2D eigenvalue weighted by molar-refractivity contribution is 0.211. The number of aromatic nitrogens is 2. The molecule has 0 saturated heterocycles. The van der Waals surface area contributed by atoms with Crippen LogP contribution in [0.2, 0.25) is 0 Å². The fourth-order valence-electron chi connectivity index (χ4n) is 3.16. The van der Waals surface area contributed by atoms with E-state index in [4.69, 9.17) is 16.2 Å². The van der Waals surface area contributed by atoms with Gasteiger partial charge in [-0.2, -0.15) is 5.10 Å². The van der Waals surface area contributed by atoms with Crippen molar-refractivity contribution in [2.75, 3.05) is 5.73 Å². The van der Waals surface area contributed by atoms with E-state index in [0.29, 0.717) is 11.6 Å². The fourth-order valence-corrected chi connectivity index (χ4v) is 3.16. The zero-order valence-electron chi connectivity index (χ0n) is 15.1. The van der Waals surface area contributed by atoms with E-state index in [2.05, 4.69) is 28.8 Å². The Hall–Kier alpha value is -3.80. The van der Waals surface area contributed by atoms with Crippen LogP contribution in [0.15, 0.2) is 66.7 Å². The highest BCUT2D eigenvalue weighted by molar-refractivity contribution is 5.92. The first kappa shape index (κ1) is 17.6. The molecule has 0 unspecified atom stereocenters. The number of fused-ring (bicyclic) bond motifs is 1. The summed E-state index contributed by atoms with van der Waals surface area (Å²) in [6, 6.07) is 21.5. The molecule has 5 N–H and O–H groups in total. The van der Waals surface area contributed by atoms with Crippen molar-refractivity contribution < 1.29 is 9.53 Å². The summed E-state index contributed by atoms with van der Waals surface area (Å²) >= 11 is 0.